The van der Waals surface area contributed by atoms with Gasteiger partial charge in [0.15, 0.2) is 0 Å². The summed E-state index contributed by atoms with van der Waals surface area (Å²) in [6, 6.07) is 4.29. The van der Waals surface area contributed by atoms with Gasteiger partial charge in [0.05, 0.1) is 19.4 Å². The average molecular weight is 317 g/mol. The van der Waals surface area contributed by atoms with E-state index in [9.17, 15) is 14.7 Å². The molecule has 2 N–H and O–H groups in total. The summed E-state index contributed by atoms with van der Waals surface area (Å²) in [5, 5.41) is 18.7. The number of likely N-dealkylation sites (tertiary alicyclic amines) is 1. The molecule has 1 aliphatic rings. The molecular formula is C15H15N3O5. The molecule has 1 aromatic heterocycles. The van der Waals surface area contributed by atoms with Crippen molar-refractivity contribution in [2.45, 2.75) is 12.6 Å². The standard InChI is InChI=1S/C15H15N3O5/c19-11-2-1-3-12(14(11)15(21)22)23-10-6-18(7-10)13(20)8-17-5-4-16-9-17/h1-5,9-10,19H,6-8H2,(H,21,22). The summed E-state index contributed by atoms with van der Waals surface area (Å²) in [6.45, 7) is 0.962. The zero-order chi connectivity index (χ0) is 16.4. The smallest absolute Gasteiger partial charge is 0.343 e. The number of aromatic nitrogens is 2. The van der Waals surface area contributed by atoms with Gasteiger partial charge in [0.2, 0.25) is 5.91 Å². The van der Waals surface area contributed by atoms with Gasteiger partial charge >= 0.3 is 5.97 Å². The fraction of sp³-hybridized carbons (Fsp3) is 0.267. The topological polar surface area (TPSA) is 105 Å². The van der Waals surface area contributed by atoms with Gasteiger partial charge < -0.3 is 24.4 Å². The fourth-order valence-electron chi connectivity index (χ4n) is 2.37. The van der Waals surface area contributed by atoms with Crippen molar-refractivity contribution >= 4 is 11.9 Å². The van der Waals surface area contributed by atoms with Gasteiger partial charge in [-0.05, 0) is 12.1 Å². The zero-order valence-electron chi connectivity index (χ0n) is 12.1. The molecule has 3 rings (SSSR count). The van der Waals surface area contributed by atoms with E-state index in [1.54, 1.807) is 28.2 Å². The first kappa shape index (κ1) is 14.9. The molecule has 1 fully saturated rings. The van der Waals surface area contributed by atoms with E-state index in [1.165, 1.54) is 18.2 Å². The molecule has 0 spiro atoms. The Morgan fingerprint density at radius 1 is 1.35 bits per heavy atom. The molecular weight excluding hydrogens is 302 g/mol. The molecule has 1 amide bonds. The number of benzene rings is 1. The predicted octanol–water partition coefficient (Wildman–Crippen LogP) is 0.577. The SMILES string of the molecule is O=C(O)c1c(O)cccc1OC1CN(C(=O)Cn2ccnc2)C1. The average Bonchev–Trinajstić information content (AvgIpc) is 2.94. The molecule has 23 heavy (non-hydrogen) atoms. The summed E-state index contributed by atoms with van der Waals surface area (Å²) >= 11 is 0. The predicted molar refractivity (Wildman–Crippen MR) is 78.3 cm³/mol. The maximum atomic E-state index is 12.0. The van der Waals surface area contributed by atoms with E-state index < -0.39 is 5.97 Å². The van der Waals surface area contributed by atoms with Gasteiger partial charge in [0, 0.05) is 12.4 Å². The first-order valence-corrected chi connectivity index (χ1v) is 7.00. The Balaban J connectivity index is 1.57. The lowest BCUT2D eigenvalue weighted by Crippen LogP contribution is -2.57. The summed E-state index contributed by atoms with van der Waals surface area (Å²) < 4.78 is 7.26. The van der Waals surface area contributed by atoms with Crippen LogP contribution in [0, 0.1) is 0 Å². The van der Waals surface area contributed by atoms with E-state index in [1.807, 2.05) is 0 Å². The fourth-order valence-corrected chi connectivity index (χ4v) is 2.37. The molecule has 0 radical (unpaired) electrons. The molecule has 0 bridgehead atoms. The number of rotatable bonds is 5. The normalized spacial score (nSPS) is 14.3. The van der Waals surface area contributed by atoms with Gasteiger partial charge in [-0.3, -0.25) is 4.79 Å². The van der Waals surface area contributed by atoms with E-state index in [0.29, 0.717) is 13.1 Å². The number of imidazole rings is 1. The van der Waals surface area contributed by atoms with E-state index in [-0.39, 0.29) is 35.6 Å². The summed E-state index contributed by atoms with van der Waals surface area (Å²) in [4.78, 5) is 28.7. The van der Waals surface area contributed by atoms with Crippen LogP contribution in [0.15, 0.2) is 36.9 Å². The molecule has 2 heterocycles. The molecule has 120 valence electrons. The van der Waals surface area contributed by atoms with Gasteiger partial charge in [-0.2, -0.15) is 0 Å². The molecule has 0 atom stereocenters. The third kappa shape index (κ3) is 3.10. The van der Waals surface area contributed by atoms with Crippen molar-refractivity contribution < 1.29 is 24.5 Å². The molecule has 0 saturated carbocycles. The highest BCUT2D eigenvalue weighted by Gasteiger charge is 2.33. The van der Waals surface area contributed by atoms with E-state index in [2.05, 4.69) is 4.98 Å². The quantitative estimate of drug-likeness (QED) is 0.835. The Morgan fingerprint density at radius 2 is 2.13 bits per heavy atom. The molecule has 1 saturated heterocycles. The number of hydrogen-bond acceptors (Lipinski definition) is 5. The Morgan fingerprint density at radius 3 is 2.78 bits per heavy atom. The monoisotopic (exact) mass is 317 g/mol. The van der Waals surface area contributed by atoms with Crippen molar-refractivity contribution in [1.82, 2.24) is 14.5 Å². The maximum absolute atomic E-state index is 12.0. The number of nitrogens with zero attached hydrogens (tertiary/aromatic N) is 3. The van der Waals surface area contributed by atoms with E-state index in [4.69, 9.17) is 9.84 Å². The highest BCUT2D eigenvalue weighted by atomic mass is 16.5. The number of carboxylic acid groups (broad SMARTS) is 1. The number of carboxylic acids is 1. The number of aromatic hydroxyl groups is 1. The van der Waals surface area contributed by atoms with Crippen LogP contribution < -0.4 is 4.74 Å². The van der Waals surface area contributed by atoms with Gasteiger partial charge in [-0.1, -0.05) is 6.07 Å². The van der Waals surface area contributed by atoms with Crippen molar-refractivity contribution in [2.75, 3.05) is 13.1 Å². The zero-order valence-corrected chi connectivity index (χ0v) is 12.1. The van der Waals surface area contributed by atoms with Gasteiger partial charge in [0.25, 0.3) is 0 Å². The minimum Gasteiger partial charge on any atom is -0.507 e. The highest BCUT2D eigenvalue weighted by molar-refractivity contribution is 5.94. The maximum Gasteiger partial charge on any atom is 0.343 e. The first-order valence-electron chi connectivity index (χ1n) is 7.00. The van der Waals surface area contributed by atoms with Gasteiger partial charge in [-0.15, -0.1) is 0 Å². The number of hydrogen-bond donors (Lipinski definition) is 2. The van der Waals surface area contributed by atoms with Crippen LogP contribution in [0.2, 0.25) is 0 Å². The summed E-state index contributed by atoms with van der Waals surface area (Å²) in [5.74, 6) is -1.56. The van der Waals surface area contributed by atoms with Crippen LogP contribution in [0.3, 0.4) is 0 Å². The largest absolute Gasteiger partial charge is 0.507 e. The van der Waals surface area contributed by atoms with Gasteiger partial charge in [-0.25, -0.2) is 9.78 Å². The van der Waals surface area contributed by atoms with Crippen LogP contribution in [0.25, 0.3) is 0 Å². The molecule has 8 nitrogen and oxygen atoms in total. The lowest BCUT2D eigenvalue weighted by molar-refractivity contribution is -0.140. The highest BCUT2D eigenvalue weighted by Crippen LogP contribution is 2.29. The second-order valence-corrected chi connectivity index (χ2v) is 5.23. The Bertz CT molecular complexity index is 723. The Hall–Kier alpha value is -3.03. The van der Waals surface area contributed by atoms with Crippen LogP contribution in [-0.4, -0.2) is 55.7 Å². The molecule has 0 aliphatic carbocycles. The first-order chi connectivity index (χ1) is 11.0. The third-order valence-electron chi connectivity index (χ3n) is 3.59. The second-order valence-electron chi connectivity index (χ2n) is 5.23. The van der Waals surface area contributed by atoms with Crippen molar-refractivity contribution in [2.24, 2.45) is 0 Å². The number of amides is 1. The number of phenols is 1. The van der Waals surface area contributed by atoms with Crippen LogP contribution in [0.1, 0.15) is 10.4 Å². The second kappa shape index (κ2) is 5.99. The Labute approximate surface area is 131 Å². The summed E-state index contributed by atoms with van der Waals surface area (Å²) in [5.41, 5.74) is -0.268. The van der Waals surface area contributed by atoms with Crippen molar-refractivity contribution in [3.8, 4) is 11.5 Å². The third-order valence-corrected chi connectivity index (χ3v) is 3.59. The number of carbonyl (C=O) groups excluding carboxylic acids is 1. The van der Waals surface area contributed by atoms with Crippen molar-refractivity contribution in [3.05, 3.63) is 42.5 Å². The number of ether oxygens (including phenoxy) is 1. The van der Waals surface area contributed by atoms with Crippen molar-refractivity contribution in [1.29, 1.82) is 0 Å². The lowest BCUT2D eigenvalue weighted by Gasteiger charge is -2.39. The van der Waals surface area contributed by atoms with Crippen LogP contribution in [-0.2, 0) is 11.3 Å². The van der Waals surface area contributed by atoms with E-state index >= 15 is 0 Å². The van der Waals surface area contributed by atoms with Crippen LogP contribution in [0.5, 0.6) is 11.5 Å². The summed E-state index contributed by atoms with van der Waals surface area (Å²) in [7, 11) is 0. The lowest BCUT2D eigenvalue weighted by atomic mass is 10.1. The molecule has 0 unspecified atom stereocenters. The molecule has 1 aliphatic heterocycles. The molecule has 8 heteroatoms. The molecule has 2 aromatic rings. The number of aromatic carboxylic acids is 1. The van der Waals surface area contributed by atoms with Gasteiger partial charge in [0.1, 0.15) is 29.7 Å². The van der Waals surface area contributed by atoms with Crippen LogP contribution in [0.4, 0.5) is 0 Å². The van der Waals surface area contributed by atoms with E-state index in [0.717, 1.165) is 0 Å². The molecule has 1 aromatic carbocycles. The summed E-state index contributed by atoms with van der Waals surface area (Å²) in [6.07, 6.45) is 4.58. The minimum absolute atomic E-state index is 0.0581. The minimum atomic E-state index is -1.26. The van der Waals surface area contributed by atoms with Crippen molar-refractivity contribution in [3.63, 3.8) is 0 Å². The number of carbonyl (C=O) groups is 2. The Kier molecular flexibility index (Phi) is 3.88. The van der Waals surface area contributed by atoms with Crippen LogP contribution >= 0.6 is 0 Å².